The summed E-state index contributed by atoms with van der Waals surface area (Å²) in [7, 11) is -3.26. The molecule has 0 aliphatic carbocycles. The first-order chi connectivity index (χ1) is 12.6. The zero-order chi connectivity index (χ0) is 19.9. The Labute approximate surface area is 160 Å². The molecule has 1 fully saturated rings. The Kier molecular flexibility index (Phi) is 4.96. The van der Waals surface area contributed by atoms with Crippen LogP contribution in [0.15, 0.2) is 47.5 Å². The summed E-state index contributed by atoms with van der Waals surface area (Å²) in [6.45, 7) is 7.72. The van der Waals surface area contributed by atoms with E-state index >= 15 is 0 Å². The lowest BCUT2D eigenvalue weighted by Crippen LogP contribution is -2.41. The van der Waals surface area contributed by atoms with Crippen molar-refractivity contribution < 1.29 is 22.5 Å². The van der Waals surface area contributed by atoms with Crippen molar-refractivity contribution in [1.82, 2.24) is 4.98 Å². The highest BCUT2D eigenvalue weighted by Gasteiger charge is 2.52. The highest BCUT2D eigenvalue weighted by molar-refractivity contribution is 7.92. The van der Waals surface area contributed by atoms with Crippen LogP contribution in [-0.2, 0) is 19.3 Å². The first-order valence-corrected chi connectivity index (χ1v) is 10.0. The third-order valence-electron chi connectivity index (χ3n) is 4.87. The monoisotopic (exact) mass is 390 g/mol. The second-order valence-corrected chi connectivity index (χ2v) is 8.99. The predicted octanol–water partition coefficient (Wildman–Crippen LogP) is 2.19. The van der Waals surface area contributed by atoms with Crippen molar-refractivity contribution in [3.63, 3.8) is 0 Å². The van der Waals surface area contributed by atoms with Gasteiger partial charge in [-0.2, -0.15) is 0 Å². The minimum absolute atomic E-state index is 0.00121. The number of methoxy groups -OCH3 is 1. The Morgan fingerprint density at radius 2 is 1.67 bits per heavy atom. The molecular formula is C18H23BN2O5S. The third kappa shape index (κ3) is 3.80. The summed E-state index contributed by atoms with van der Waals surface area (Å²) < 4.78 is 45.5. The van der Waals surface area contributed by atoms with Crippen LogP contribution in [0.25, 0.3) is 0 Å². The summed E-state index contributed by atoms with van der Waals surface area (Å²) in [5.74, 6) is -0.00121. The molecule has 0 radical (unpaired) electrons. The molecule has 0 spiro atoms. The van der Waals surface area contributed by atoms with Gasteiger partial charge in [0.1, 0.15) is 4.90 Å². The SMILES string of the molecule is COc1ncc(B2OC(C)(C)C(C)(C)O2)cc1S(=O)(=O)Nc1ccccc1. The summed E-state index contributed by atoms with van der Waals surface area (Å²) in [5, 5.41) is 0. The zero-order valence-electron chi connectivity index (χ0n) is 16.0. The smallest absolute Gasteiger partial charge is 0.480 e. The molecular weight excluding hydrogens is 367 g/mol. The number of rotatable bonds is 5. The molecule has 1 aliphatic rings. The van der Waals surface area contributed by atoms with Crippen molar-refractivity contribution in [3.05, 3.63) is 42.6 Å². The first-order valence-electron chi connectivity index (χ1n) is 8.53. The normalized spacial score (nSPS) is 18.3. The van der Waals surface area contributed by atoms with Gasteiger partial charge in [-0.1, -0.05) is 18.2 Å². The molecule has 1 aromatic heterocycles. The number of nitrogens with zero attached hydrogens (tertiary/aromatic N) is 1. The highest BCUT2D eigenvalue weighted by Crippen LogP contribution is 2.36. The van der Waals surface area contributed by atoms with Gasteiger partial charge < -0.3 is 14.0 Å². The Balaban J connectivity index is 1.98. The number of pyridine rings is 1. The summed E-state index contributed by atoms with van der Waals surface area (Å²) >= 11 is 0. The average molecular weight is 390 g/mol. The number of benzene rings is 1. The van der Waals surface area contributed by atoms with Gasteiger partial charge in [0.2, 0.25) is 5.88 Å². The predicted molar refractivity (Wildman–Crippen MR) is 104 cm³/mol. The number of sulfonamides is 1. The van der Waals surface area contributed by atoms with E-state index < -0.39 is 28.3 Å². The van der Waals surface area contributed by atoms with Crippen LogP contribution in [0, 0.1) is 0 Å². The lowest BCUT2D eigenvalue weighted by atomic mass is 9.80. The Morgan fingerprint density at radius 1 is 1.07 bits per heavy atom. The molecule has 1 aliphatic heterocycles. The van der Waals surface area contributed by atoms with Gasteiger partial charge in [-0.05, 0) is 45.9 Å². The van der Waals surface area contributed by atoms with E-state index in [9.17, 15) is 8.42 Å². The van der Waals surface area contributed by atoms with Crippen molar-refractivity contribution in [1.29, 1.82) is 0 Å². The highest BCUT2D eigenvalue weighted by atomic mass is 32.2. The fourth-order valence-corrected chi connectivity index (χ4v) is 3.83. The summed E-state index contributed by atoms with van der Waals surface area (Å²) in [6.07, 6.45) is 1.50. The molecule has 2 aromatic rings. The number of anilines is 1. The van der Waals surface area contributed by atoms with E-state index in [2.05, 4.69) is 9.71 Å². The molecule has 144 valence electrons. The van der Waals surface area contributed by atoms with Gasteiger partial charge in [0.15, 0.2) is 0 Å². The lowest BCUT2D eigenvalue weighted by Gasteiger charge is -2.32. The van der Waals surface area contributed by atoms with Gasteiger partial charge in [0.25, 0.3) is 10.0 Å². The maximum Gasteiger partial charge on any atom is 0.496 e. The van der Waals surface area contributed by atoms with Crippen molar-refractivity contribution >= 4 is 28.3 Å². The zero-order valence-corrected chi connectivity index (χ0v) is 16.8. The van der Waals surface area contributed by atoms with E-state index in [0.29, 0.717) is 11.2 Å². The Morgan fingerprint density at radius 3 is 2.22 bits per heavy atom. The lowest BCUT2D eigenvalue weighted by molar-refractivity contribution is 0.00578. The summed E-state index contributed by atoms with van der Waals surface area (Å²) in [6, 6.07) is 10.1. The van der Waals surface area contributed by atoms with Gasteiger partial charge in [-0.15, -0.1) is 0 Å². The Hall–Kier alpha value is -2.10. The molecule has 0 unspecified atom stereocenters. The molecule has 7 nitrogen and oxygen atoms in total. The number of ether oxygens (including phenoxy) is 1. The number of aromatic nitrogens is 1. The number of hydrogen-bond donors (Lipinski definition) is 1. The van der Waals surface area contributed by atoms with Gasteiger partial charge in [-0.3, -0.25) is 4.72 Å². The fourth-order valence-electron chi connectivity index (χ4n) is 2.62. The van der Waals surface area contributed by atoms with Crippen LogP contribution in [0.3, 0.4) is 0 Å². The second-order valence-electron chi connectivity index (χ2n) is 7.34. The molecule has 0 amide bonds. The van der Waals surface area contributed by atoms with E-state index in [4.69, 9.17) is 14.0 Å². The molecule has 2 heterocycles. The number of para-hydroxylation sites is 1. The Bertz CT molecular complexity index is 916. The maximum atomic E-state index is 12.9. The number of nitrogens with one attached hydrogen (secondary N) is 1. The molecule has 0 saturated carbocycles. The van der Waals surface area contributed by atoms with E-state index in [0.717, 1.165) is 0 Å². The van der Waals surface area contributed by atoms with Crippen molar-refractivity contribution in [2.24, 2.45) is 0 Å². The maximum absolute atomic E-state index is 12.9. The van der Waals surface area contributed by atoms with E-state index in [-0.39, 0.29) is 10.8 Å². The largest absolute Gasteiger partial charge is 0.496 e. The van der Waals surface area contributed by atoms with Crippen molar-refractivity contribution in [3.8, 4) is 5.88 Å². The standard InChI is InChI=1S/C18H23BN2O5S/c1-17(2)18(3,4)26-19(25-17)13-11-15(16(24-5)20-12-13)27(22,23)21-14-9-7-6-8-10-14/h6-12,21H,1-5H3. The molecule has 9 heteroatoms. The summed E-state index contributed by atoms with van der Waals surface area (Å²) in [5.41, 5.74) is -0.138. The van der Waals surface area contributed by atoms with Crippen LogP contribution in [0.1, 0.15) is 27.7 Å². The van der Waals surface area contributed by atoms with Crippen molar-refractivity contribution in [2.75, 3.05) is 11.8 Å². The van der Waals surface area contributed by atoms with Gasteiger partial charge >= 0.3 is 7.12 Å². The van der Waals surface area contributed by atoms with E-state index in [1.807, 2.05) is 27.7 Å². The van der Waals surface area contributed by atoms with Crippen LogP contribution in [0.5, 0.6) is 5.88 Å². The molecule has 0 bridgehead atoms. The second kappa shape index (κ2) is 6.81. The van der Waals surface area contributed by atoms with Gasteiger partial charge in [-0.25, -0.2) is 13.4 Å². The van der Waals surface area contributed by atoms with E-state index in [1.54, 1.807) is 30.3 Å². The average Bonchev–Trinajstić information content (AvgIpc) is 2.82. The first kappa shape index (κ1) is 19.7. The van der Waals surface area contributed by atoms with Crippen LogP contribution in [-0.4, -0.2) is 38.8 Å². The molecule has 0 atom stereocenters. The minimum atomic E-state index is -3.91. The molecule has 1 saturated heterocycles. The van der Waals surface area contributed by atoms with Crippen LogP contribution < -0.4 is 14.9 Å². The summed E-state index contributed by atoms with van der Waals surface area (Å²) in [4.78, 5) is 4.06. The molecule has 27 heavy (non-hydrogen) atoms. The fraction of sp³-hybridized carbons (Fsp3) is 0.389. The third-order valence-corrected chi connectivity index (χ3v) is 6.25. The molecule has 1 aromatic carbocycles. The molecule has 1 N–H and O–H groups in total. The number of hydrogen-bond acceptors (Lipinski definition) is 6. The van der Waals surface area contributed by atoms with Crippen molar-refractivity contribution in [2.45, 2.75) is 43.8 Å². The van der Waals surface area contributed by atoms with Crippen LogP contribution in [0.2, 0.25) is 0 Å². The van der Waals surface area contributed by atoms with Gasteiger partial charge in [0.05, 0.1) is 18.3 Å². The molecule has 3 rings (SSSR count). The van der Waals surface area contributed by atoms with Crippen LogP contribution in [0.4, 0.5) is 5.69 Å². The minimum Gasteiger partial charge on any atom is -0.480 e. The topological polar surface area (TPSA) is 86.8 Å². The van der Waals surface area contributed by atoms with Gasteiger partial charge in [0, 0.05) is 17.3 Å². The van der Waals surface area contributed by atoms with E-state index in [1.165, 1.54) is 19.4 Å². The quantitative estimate of drug-likeness (QED) is 0.788. The van der Waals surface area contributed by atoms with Crippen LogP contribution >= 0.6 is 0 Å².